The van der Waals surface area contributed by atoms with Crippen molar-refractivity contribution < 1.29 is 5.11 Å². The third-order valence-corrected chi connectivity index (χ3v) is 6.84. The highest BCUT2D eigenvalue weighted by atomic mass is 16.3. The molecule has 5 unspecified atom stereocenters. The van der Waals surface area contributed by atoms with Crippen molar-refractivity contribution in [2.45, 2.75) is 52.9 Å². The molecule has 3 saturated carbocycles. The quantitative estimate of drug-likeness (QED) is 0.734. The maximum Gasteiger partial charge on any atom is 0.0487 e. The monoisotopic (exact) mass is 234 g/mol. The third-order valence-electron chi connectivity index (χ3n) is 6.84. The van der Waals surface area contributed by atoms with E-state index >= 15 is 0 Å². The van der Waals surface area contributed by atoms with Gasteiger partial charge in [0.25, 0.3) is 0 Å². The molecular weight excluding hydrogens is 208 g/mol. The second-order valence-corrected chi connectivity index (χ2v) is 7.71. The Kier molecular flexibility index (Phi) is 2.20. The van der Waals surface area contributed by atoms with Crippen LogP contribution in [0.5, 0.6) is 0 Å². The van der Waals surface area contributed by atoms with Gasteiger partial charge in [-0.2, -0.15) is 0 Å². The lowest BCUT2D eigenvalue weighted by atomic mass is 9.70. The average Bonchev–Trinajstić information content (AvgIpc) is 3.12. The minimum atomic E-state index is 0.250. The largest absolute Gasteiger partial charge is 0.396 e. The molecule has 0 saturated heterocycles. The molecule has 0 aromatic carbocycles. The Morgan fingerprint density at radius 3 is 2.47 bits per heavy atom. The first kappa shape index (κ1) is 11.8. The van der Waals surface area contributed by atoms with Crippen LogP contribution in [0.2, 0.25) is 0 Å². The van der Waals surface area contributed by atoms with Crippen molar-refractivity contribution >= 4 is 0 Å². The van der Waals surface area contributed by atoms with Gasteiger partial charge in [0.1, 0.15) is 0 Å². The Hall–Kier alpha value is -0.300. The number of aliphatic hydroxyl groups is 1. The Morgan fingerprint density at radius 1 is 1.29 bits per heavy atom. The van der Waals surface area contributed by atoms with Crippen LogP contribution in [-0.2, 0) is 0 Å². The van der Waals surface area contributed by atoms with Crippen LogP contribution in [0.15, 0.2) is 12.2 Å². The topological polar surface area (TPSA) is 20.2 Å². The molecule has 0 aliphatic heterocycles. The highest BCUT2D eigenvalue weighted by molar-refractivity contribution is 5.31. The zero-order valence-electron chi connectivity index (χ0n) is 11.6. The van der Waals surface area contributed by atoms with Gasteiger partial charge in [-0.05, 0) is 60.2 Å². The van der Waals surface area contributed by atoms with Gasteiger partial charge in [0.05, 0.1) is 0 Å². The molecule has 5 atom stereocenters. The zero-order valence-corrected chi connectivity index (χ0v) is 11.6. The first-order valence-electron chi connectivity index (χ1n) is 7.15. The summed E-state index contributed by atoms with van der Waals surface area (Å²) in [4.78, 5) is 0. The Labute approximate surface area is 105 Å². The Bertz CT molecular complexity index is 374. The van der Waals surface area contributed by atoms with E-state index in [1.54, 1.807) is 0 Å². The van der Waals surface area contributed by atoms with E-state index in [1.165, 1.54) is 37.7 Å². The van der Waals surface area contributed by atoms with Gasteiger partial charge >= 0.3 is 0 Å². The molecule has 1 N–H and O–H groups in total. The maximum atomic E-state index is 9.34. The van der Waals surface area contributed by atoms with E-state index in [2.05, 4.69) is 27.4 Å². The van der Waals surface area contributed by atoms with Crippen LogP contribution in [0.25, 0.3) is 0 Å². The van der Waals surface area contributed by atoms with E-state index in [-0.39, 0.29) is 5.41 Å². The Balaban J connectivity index is 1.64. The molecule has 3 aliphatic rings. The minimum absolute atomic E-state index is 0.250. The SMILES string of the molecule is C=C1CC2CC2(C)C1(C)CCC1CC1(C)CO. The summed E-state index contributed by atoms with van der Waals surface area (Å²) in [6.45, 7) is 11.8. The number of fused-ring (bicyclic) bond motifs is 1. The molecule has 3 rings (SSSR count). The number of hydrogen-bond donors (Lipinski definition) is 1. The van der Waals surface area contributed by atoms with Crippen molar-refractivity contribution in [3.05, 3.63) is 12.2 Å². The summed E-state index contributed by atoms with van der Waals surface area (Å²) < 4.78 is 0. The van der Waals surface area contributed by atoms with Crippen LogP contribution in [-0.4, -0.2) is 11.7 Å². The normalized spacial score (nSPS) is 55.9. The molecular formula is C16H26O. The summed E-state index contributed by atoms with van der Waals surface area (Å²) in [6.07, 6.45) is 6.50. The molecule has 0 aromatic heterocycles. The molecule has 0 spiro atoms. The fraction of sp³-hybridized carbons (Fsp3) is 0.875. The van der Waals surface area contributed by atoms with E-state index in [0.717, 1.165) is 11.8 Å². The highest BCUT2D eigenvalue weighted by Gasteiger charge is 2.66. The second-order valence-electron chi connectivity index (χ2n) is 7.71. The summed E-state index contributed by atoms with van der Waals surface area (Å²) in [5.74, 6) is 1.70. The first-order chi connectivity index (χ1) is 7.86. The molecule has 17 heavy (non-hydrogen) atoms. The number of allylic oxidation sites excluding steroid dienone is 1. The minimum Gasteiger partial charge on any atom is -0.396 e. The number of rotatable bonds is 4. The zero-order chi connectivity index (χ0) is 12.5. The smallest absolute Gasteiger partial charge is 0.0487 e. The van der Waals surface area contributed by atoms with Crippen molar-refractivity contribution in [1.29, 1.82) is 0 Å². The van der Waals surface area contributed by atoms with E-state index in [4.69, 9.17) is 0 Å². The van der Waals surface area contributed by atoms with Gasteiger partial charge < -0.3 is 5.11 Å². The Morgan fingerprint density at radius 2 is 2.00 bits per heavy atom. The van der Waals surface area contributed by atoms with Gasteiger partial charge in [-0.1, -0.05) is 32.9 Å². The lowest BCUT2D eigenvalue weighted by Crippen LogP contribution is -2.26. The molecule has 0 amide bonds. The van der Waals surface area contributed by atoms with Crippen LogP contribution in [0.4, 0.5) is 0 Å². The van der Waals surface area contributed by atoms with Gasteiger partial charge in [0, 0.05) is 6.61 Å². The van der Waals surface area contributed by atoms with E-state index in [0.29, 0.717) is 17.4 Å². The van der Waals surface area contributed by atoms with Gasteiger partial charge in [-0.3, -0.25) is 0 Å². The molecule has 0 heterocycles. The van der Waals surface area contributed by atoms with Crippen molar-refractivity contribution in [3.8, 4) is 0 Å². The molecule has 0 radical (unpaired) electrons. The summed E-state index contributed by atoms with van der Waals surface area (Å²) in [5, 5.41) is 9.34. The molecule has 0 aromatic rings. The van der Waals surface area contributed by atoms with Gasteiger partial charge in [0.15, 0.2) is 0 Å². The summed E-state index contributed by atoms with van der Waals surface area (Å²) in [6, 6.07) is 0. The van der Waals surface area contributed by atoms with Crippen molar-refractivity contribution in [1.82, 2.24) is 0 Å². The lowest BCUT2D eigenvalue weighted by Gasteiger charge is -2.35. The standard InChI is InChI=1S/C16H26O/c1-11-7-13-9-16(13,4)15(11,3)6-5-12-8-14(12,2)10-17/h12-13,17H,1,5-10H2,2-4H3. The van der Waals surface area contributed by atoms with Crippen molar-refractivity contribution in [3.63, 3.8) is 0 Å². The average molecular weight is 234 g/mol. The van der Waals surface area contributed by atoms with Crippen LogP contribution in [0.3, 0.4) is 0 Å². The highest BCUT2D eigenvalue weighted by Crippen LogP contribution is 2.75. The third kappa shape index (κ3) is 1.41. The molecule has 3 fully saturated rings. The van der Waals surface area contributed by atoms with Crippen LogP contribution < -0.4 is 0 Å². The van der Waals surface area contributed by atoms with E-state index in [9.17, 15) is 5.11 Å². The van der Waals surface area contributed by atoms with E-state index in [1.807, 2.05) is 0 Å². The summed E-state index contributed by atoms with van der Waals surface area (Å²) in [7, 11) is 0. The predicted octanol–water partition coefficient (Wildman–Crippen LogP) is 3.78. The maximum absolute atomic E-state index is 9.34. The van der Waals surface area contributed by atoms with Crippen LogP contribution in [0.1, 0.15) is 52.9 Å². The van der Waals surface area contributed by atoms with Crippen LogP contribution >= 0.6 is 0 Å². The second kappa shape index (κ2) is 3.17. The van der Waals surface area contributed by atoms with Gasteiger partial charge in [-0.15, -0.1) is 0 Å². The number of aliphatic hydroxyl groups excluding tert-OH is 1. The van der Waals surface area contributed by atoms with Crippen molar-refractivity contribution in [2.75, 3.05) is 6.61 Å². The molecule has 3 aliphatic carbocycles. The molecule has 0 bridgehead atoms. The van der Waals surface area contributed by atoms with E-state index < -0.39 is 0 Å². The molecule has 1 heteroatoms. The van der Waals surface area contributed by atoms with Crippen molar-refractivity contribution in [2.24, 2.45) is 28.1 Å². The molecule has 1 nitrogen and oxygen atoms in total. The van der Waals surface area contributed by atoms with Gasteiger partial charge in [0.2, 0.25) is 0 Å². The van der Waals surface area contributed by atoms with Crippen LogP contribution in [0, 0.1) is 28.1 Å². The summed E-state index contributed by atoms with van der Waals surface area (Å²) in [5.41, 5.74) is 2.70. The number of hydrogen-bond acceptors (Lipinski definition) is 1. The summed E-state index contributed by atoms with van der Waals surface area (Å²) >= 11 is 0. The first-order valence-corrected chi connectivity index (χ1v) is 7.15. The fourth-order valence-electron chi connectivity index (χ4n) is 4.43. The lowest BCUT2D eigenvalue weighted by molar-refractivity contribution is 0.190. The predicted molar refractivity (Wildman–Crippen MR) is 70.6 cm³/mol. The van der Waals surface area contributed by atoms with Gasteiger partial charge in [-0.25, -0.2) is 0 Å². The molecule has 96 valence electrons. The fourth-order valence-corrected chi connectivity index (χ4v) is 4.43.